The predicted octanol–water partition coefficient (Wildman–Crippen LogP) is 1.48. The first-order chi connectivity index (χ1) is 9.80. The van der Waals surface area contributed by atoms with Gasteiger partial charge in [0, 0.05) is 31.0 Å². The lowest BCUT2D eigenvalue weighted by atomic mass is 10.1. The van der Waals surface area contributed by atoms with E-state index in [4.69, 9.17) is 0 Å². The van der Waals surface area contributed by atoms with E-state index < -0.39 is 10.5 Å². The molecule has 0 aromatic heterocycles. The first kappa shape index (κ1) is 17.3. The molecule has 0 bridgehead atoms. The van der Waals surface area contributed by atoms with Crippen LogP contribution < -0.4 is 10.6 Å². The highest BCUT2D eigenvalue weighted by atomic mass is 32.2. The van der Waals surface area contributed by atoms with Crippen molar-refractivity contribution in [1.29, 1.82) is 0 Å². The first-order valence-electron chi connectivity index (χ1n) is 6.26. The third-order valence-corrected chi connectivity index (χ3v) is 3.71. The van der Waals surface area contributed by atoms with Crippen molar-refractivity contribution in [3.8, 4) is 0 Å². The molecule has 1 rings (SSSR count). The van der Waals surface area contributed by atoms with Gasteiger partial charge in [-0.2, -0.15) is 11.8 Å². The Bertz CT molecular complexity index is 534. The largest absolute Gasteiger partial charge is 0.387 e. The monoisotopic (exact) mass is 313 g/mol. The fourth-order valence-electron chi connectivity index (χ4n) is 1.77. The van der Waals surface area contributed by atoms with Crippen LogP contribution in [0.1, 0.15) is 17.3 Å². The van der Waals surface area contributed by atoms with E-state index in [1.165, 1.54) is 37.0 Å². The number of benzene rings is 1. The molecule has 1 amide bonds. The second kappa shape index (κ2) is 7.28. The summed E-state index contributed by atoms with van der Waals surface area (Å²) in [6.07, 6.45) is 1.87. The molecule has 8 heteroatoms. The number of aliphatic hydroxyl groups is 1. The molecule has 116 valence electrons. The molecule has 1 aromatic rings. The van der Waals surface area contributed by atoms with Crippen molar-refractivity contribution < 1.29 is 14.8 Å². The van der Waals surface area contributed by atoms with Crippen molar-refractivity contribution in [2.75, 3.05) is 30.9 Å². The molecular formula is C13H19N3O4S. The van der Waals surface area contributed by atoms with E-state index in [1.807, 2.05) is 6.26 Å². The third kappa shape index (κ3) is 4.91. The lowest BCUT2D eigenvalue weighted by Crippen LogP contribution is -2.36. The van der Waals surface area contributed by atoms with Gasteiger partial charge in [-0.05, 0) is 25.3 Å². The average molecular weight is 313 g/mol. The summed E-state index contributed by atoms with van der Waals surface area (Å²) in [7, 11) is 1.46. The van der Waals surface area contributed by atoms with Crippen molar-refractivity contribution in [2.45, 2.75) is 12.5 Å². The van der Waals surface area contributed by atoms with Crippen molar-refractivity contribution in [2.24, 2.45) is 0 Å². The minimum Gasteiger partial charge on any atom is -0.387 e. The Balaban J connectivity index is 2.97. The van der Waals surface area contributed by atoms with Crippen molar-refractivity contribution in [3.63, 3.8) is 0 Å². The van der Waals surface area contributed by atoms with Crippen LogP contribution in [0.5, 0.6) is 0 Å². The average Bonchev–Trinajstić information content (AvgIpc) is 2.44. The highest BCUT2D eigenvalue weighted by Gasteiger charge is 2.22. The lowest BCUT2D eigenvalue weighted by molar-refractivity contribution is -0.384. The summed E-state index contributed by atoms with van der Waals surface area (Å²) in [5.41, 5.74) is -0.692. The first-order valence-corrected chi connectivity index (χ1v) is 7.66. The van der Waals surface area contributed by atoms with Crippen LogP contribution in [0.2, 0.25) is 0 Å². The summed E-state index contributed by atoms with van der Waals surface area (Å²) in [6.45, 7) is 1.83. The van der Waals surface area contributed by atoms with E-state index in [0.29, 0.717) is 5.75 Å². The maximum atomic E-state index is 11.5. The molecular weight excluding hydrogens is 294 g/mol. The summed E-state index contributed by atoms with van der Waals surface area (Å²) in [4.78, 5) is 22.0. The van der Waals surface area contributed by atoms with Crippen molar-refractivity contribution >= 4 is 29.0 Å². The highest BCUT2D eigenvalue weighted by Crippen LogP contribution is 2.26. The standard InChI is InChI=1S/C13H19N3O4S/c1-13(18,8-21-3)7-15-10-5-4-9(12(17)14-2)6-11(10)16(19)20/h4-6,15,18H,7-8H2,1-3H3,(H,14,17). The second-order valence-corrected chi connectivity index (χ2v) is 5.72. The molecule has 0 aliphatic carbocycles. The van der Waals surface area contributed by atoms with Gasteiger partial charge in [0.15, 0.2) is 0 Å². The van der Waals surface area contributed by atoms with Gasteiger partial charge in [-0.3, -0.25) is 14.9 Å². The molecule has 1 unspecified atom stereocenters. The van der Waals surface area contributed by atoms with Gasteiger partial charge in [0.1, 0.15) is 5.69 Å². The molecule has 0 radical (unpaired) electrons. The molecule has 7 nitrogen and oxygen atoms in total. The number of nitrogens with zero attached hydrogens (tertiary/aromatic N) is 1. The summed E-state index contributed by atoms with van der Waals surface area (Å²) >= 11 is 1.49. The number of anilines is 1. The van der Waals surface area contributed by atoms with Gasteiger partial charge in [-0.1, -0.05) is 0 Å². The Hall–Kier alpha value is -1.80. The zero-order valence-corrected chi connectivity index (χ0v) is 13.0. The molecule has 0 saturated carbocycles. The number of rotatable bonds is 7. The molecule has 0 aliphatic rings. The van der Waals surface area contributed by atoms with E-state index in [1.54, 1.807) is 6.92 Å². The molecule has 1 atom stereocenters. The Morgan fingerprint density at radius 1 is 1.52 bits per heavy atom. The molecule has 0 heterocycles. The second-order valence-electron chi connectivity index (χ2n) is 4.85. The Morgan fingerprint density at radius 2 is 2.19 bits per heavy atom. The van der Waals surface area contributed by atoms with Crippen LogP contribution in [0.3, 0.4) is 0 Å². The number of thioether (sulfide) groups is 1. The van der Waals surface area contributed by atoms with Gasteiger partial charge in [-0.15, -0.1) is 0 Å². The molecule has 0 fully saturated rings. The van der Waals surface area contributed by atoms with Crippen LogP contribution in [0.4, 0.5) is 11.4 Å². The topological polar surface area (TPSA) is 104 Å². The molecule has 0 saturated heterocycles. The number of hydrogen-bond donors (Lipinski definition) is 3. The molecule has 0 spiro atoms. The fourth-order valence-corrected chi connectivity index (χ4v) is 2.49. The molecule has 3 N–H and O–H groups in total. The number of amides is 1. The summed E-state index contributed by atoms with van der Waals surface area (Å²) in [5.74, 6) is 0.114. The highest BCUT2D eigenvalue weighted by molar-refractivity contribution is 7.98. The van der Waals surface area contributed by atoms with Gasteiger partial charge in [0.25, 0.3) is 11.6 Å². The quantitative estimate of drug-likeness (QED) is 0.520. The van der Waals surface area contributed by atoms with Crippen LogP contribution in [0.25, 0.3) is 0 Å². The van der Waals surface area contributed by atoms with Gasteiger partial charge in [-0.25, -0.2) is 0 Å². The van der Waals surface area contributed by atoms with Crippen molar-refractivity contribution in [1.82, 2.24) is 5.32 Å². The Morgan fingerprint density at radius 3 is 2.71 bits per heavy atom. The Kier molecular flexibility index (Phi) is 5.98. The number of carbonyl (C=O) groups is 1. The number of carbonyl (C=O) groups excluding carboxylic acids is 1. The van der Waals surface area contributed by atoms with Crippen LogP contribution in [0, 0.1) is 10.1 Å². The predicted molar refractivity (Wildman–Crippen MR) is 84.0 cm³/mol. The van der Waals surface area contributed by atoms with E-state index in [2.05, 4.69) is 10.6 Å². The van der Waals surface area contributed by atoms with E-state index in [9.17, 15) is 20.0 Å². The van der Waals surface area contributed by atoms with Crippen LogP contribution in [0.15, 0.2) is 18.2 Å². The maximum absolute atomic E-state index is 11.5. The minimum absolute atomic E-state index is 0.175. The number of hydrogen-bond acceptors (Lipinski definition) is 6. The third-order valence-electron chi connectivity index (χ3n) is 2.80. The van der Waals surface area contributed by atoms with E-state index >= 15 is 0 Å². The zero-order valence-electron chi connectivity index (χ0n) is 12.2. The SMILES string of the molecule is CNC(=O)c1ccc(NCC(C)(O)CSC)c([N+](=O)[O-])c1. The fraction of sp³-hybridized carbons (Fsp3) is 0.462. The van der Waals surface area contributed by atoms with Crippen LogP contribution in [-0.2, 0) is 0 Å². The summed E-state index contributed by atoms with van der Waals surface area (Å²) < 4.78 is 0. The number of nitro groups is 1. The number of nitrogens with one attached hydrogen (secondary N) is 2. The van der Waals surface area contributed by atoms with Gasteiger partial charge >= 0.3 is 0 Å². The zero-order chi connectivity index (χ0) is 16.0. The van der Waals surface area contributed by atoms with Gasteiger partial charge in [0.2, 0.25) is 0 Å². The van der Waals surface area contributed by atoms with Gasteiger partial charge in [0.05, 0.1) is 10.5 Å². The Labute approximate surface area is 127 Å². The lowest BCUT2D eigenvalue weighted by Gasteiger charge is -2.23. The molecule has 1 aromatic carbocycles. The maximum Gasteiger partial charge on any atom is 0.293 e. The summed E-state index contributed by atoms with van der Waals surface area (Å²) in [5, 5.41) is 26.5. The molecule has 0 aliphatic heterocycles. The summed E-state index contributed by atoms with van der Waals surface area (Å²) in [6, 6.07) is 4.18. The van der Waals surface area contributed by atoms with E-state index in [0.717, 1.165) is 0 Å². The van der Waals surface area contributed by atoms with Crippen molar-refractivity contribution in [3.05, 3.63) is 33.9 Å². The van der Waals surface area contributed by atoms with Gasteiger partial charge < -0.3 is 15.7 Å². The molecule has 21 heavy (non-hydrogen) atoms. The smallest absolute Gasteiger partial charge is 0.293 e. The van der Waals surface area contributed by atoms with E-state index in [-0.39, 0.29) is 29.4 Å². The van der Waals surface area contributed by atoms with Crippen LogP contribution >= 0.6 is 11.8 Å². The normalized spacial score (nSPS) is 13.3. The van der Waals surface area contributed by atoms with Crippen LogP contribution in [-0.4, -0.2) is 47.1 Å². The number of nitro benzene ring substituents is 1. The minimum atomic E-state index is -0.979.